The molecule has 2 atom stereocenters. The minimum atomic E-state index is 0.328. The van der Waals surface area contributed by atoms with Gasteiger partial charge in [-0.1, -0.05) is 0 Å². The third-order valence-electron chi connectivity index (χ3n) is 5.08. The number of nitrogens with zero attached hydrogens (tertiary/aromatic N) is 4. The molecule has 3 heterocycles. The van der Waals surface area contributed by atoms with Crippen LogP contribution in [0.3, 0.4) is 0 Å². The van der Waals surface area contributed by atoms with Crippen molar-refractivity contribution in [3.63, 3.8) is 0 Å². The van der Waals surface area contributed by atoms with Crippen molar-refractivity contribution in [2.45, 2.75) is 46.1 Å². The van der Waals surface area contributed by atoms with Crippen LogP contribution in [0.5, 0.6) is 6.01 Å². The van der Waals surface area contributed by atoms with Crippen LogP contribution in [-0.2, 0) is 6.42 Å². The zero-order valence-corrected chi connectivity index (χ0v) is 15.7. The van der Waals surface area contributed by atoms with Gasteiger partial charge in [-0.15, -0.1) is 0 Å². The van der Waals surface area contributed by atoms with Gasteiger partial charge in [0.05, 0.1) is 7.11 Å². The summed E-state index contributed by atoms with van der Waals surface area (Å²) in [7, 11) is 1.59. The third kappa shape index (κ3) is 4.54. The molecule has 0 amide bonds. The molecule has 1 unspecified atom stereocenters. The first-order valence-electron chi connectivity index (χ1n) is 9.09. The van der Waals surface area contributed by atoms with E-state index in [4.69, 9.17) is 4.74 Å². The highest BCUT2D eigenvalue weighted by Gasteiger charge is 2.25. The summed E-state index contributed by atoms with van der Waals surface area (Å²) in [5, 5.41) is 0. The van der Waals surface area contributed by atoms with Gasteiger partial charge in [-0.05, 0) is 70.2 Å². The van der Waals surface area contributed by atoms with Crippen molar-refractivity contribution in [1.82, 2.24) is 19.9 Å². The quantitative estimate of drug-likeness (QED) is 0.833. The van der Waals surface area contributed by atoms with E-state index in [0.717, 1.165) is 36.5 Å². The van der Waals surface area contributed by atoms with Gasteiger partial charge in [-0.2, -0.15) is 0 Å². The van der Waals surface area contributed by atoms with E-state index in [0.29, 0.717) is 18.0 Å². The summed E-state index contributed by atoms with van der Waals surface area (Å²) in [6.07, 6.45) is 7.44. The molecule has 2 aromatic heterocycles. The highest BCUT2D eigenvalue weighted by molar-refractivity contribution is 5.21. The Balaban J connectivity index is 1.65. The molecule has 2 aromatic rings. The molecule has 25 heavy (non-hydrogen) atoms. The first kappa shape index (κ1) is 17.8. The van der Waals surface area contributed by atoms with Gasteiger partial charge in [-0.3, -0.25) is 9.88 Å². The zero-order chi connectivity index (χ0) is 17.8. The summed E-state index contributed by atoms with van der Waals surface area (Å²) in [6.45, 7) is 8.66. The maximum atomic E-state index is 5.06. The lowest BCUT2D eigenvalue weighted by Gasteiger charge is -2.37. The second kappa shape index (κ2) is 7.91. The Morgan fingerprint density at radius 1 is 1.20 bits per heavy atom. The smallest absolute Gasteiger partial charge is 0.316 e. The second-order valence-electron chi connectivity index (χ2n) is 7.14. The van der Waals surface area contributed by atoms with E-state index in [-0.39, 0.29) is 0 Å². The maximum absolute atomic E-state index is 5.06. The predicted molar refractivity (Wildman–Crippen MR) is 98.7 cm³/mol. The Bertz CT molecular complexity index is 681. The van der Waals surface area contributed by atoms with Crippen LogP contribution in [-0.4, -0.2) is 40.1 Å². The number of pyridine rings is 1. The number of ether oxygens (including phenoxy) is 1. The van der Waals surface area contributed by atoms with Crippen LogP contribution < -0.4 is 4.74 Å². The zero-order valence-electron chi connectivity index (χ0n) is 15.7. The molecular weight excluding hydrogens is 312 g/mol. The lowest BCUT2D eigenvalue weighted by molar-refractivity contribution is 0.131. The number of piperidine rings is 1. The Morgan fingerprint density at radius 2 is 1.88 bits per heavy atom. The molecule has 0 aliphatic carbocycles. The largest absolute Gasteiger partial charge is 0.467 e. The molecule has 1 saturated heterocycles. The van der Waals surface area contributed by atoms with Crippen LogP contribution in [0.4, 0.5) is 0 Å². The van der Waals surface area contributed by atoms with Gasteiger partial charge in [0.25, 0.3) is 0 Å². The van der Waals surface area contributed by atoms with Gasteiger partial charge < -0.3 is 4.74 Å². The fourth-order valence-corrected chi connectivity index (χ4v) is 3.85. The maximum Gasteiger partial charge on any atom is 0.316 e. The highest BCUT2D eigenvalue weighted by atomic mass is 16.5. The Hall–Kier alpha value is -2.01. The van der Waals surface area contributed by atoms with E-state index in [9.17, 15) is 0 Å². The molecule has 0 N–H and O–H groups in total. The lowest BCUT2D eigenvalue weighted by Crippen LogP contribution is -2.38. The average molecular weight is 340 g/mol. The molecular formula is C20H28N4O. The molecule has 3 rings (SSSR count). The SMILES string of the molecule is COc1ncc(C(C)N2CCC[C@H](Cc3cc(C)nc(C)c3)C2)cn1. The fourth-order valence-electron chi connectivity index (χ4n) is 3.85. The Labute approximate surface area is 150 Å². The van der Waals surface area contributed by atoms with Crippen LogP contribution in [0.15, 0.2) is 24.5 Å². The van der Waals surface area contributed by atoms with E-state index in [1.165, 1.54) is 18.4 Å². The van der Waals surface area contributed by atoms with E-state index >= 15 is 0 Å². The molecule has 0 spiro atoms. The van der Waals surface area contributed by atoms with Gasteiger partial charge in [0.1, 0.15) is 0 Å². The fraction of sp³-hybridized carbons (Fsp3) is 0.550. The average Bonchev–Trinajstić information content (AvgIpc) is 2.60. The topological polar surface area (TPSA) is 51.1 Å². The summed E-state index contributed by atoms with van der Waals surface area (Å²) >= 11 is 0. The second-order valence-corrected chi connectivity index (χ2v) is 7.14. The summed E-state index contributed by atoms with van der Waals surface area (Å²) in [4.78, 5) is 15.6. The third-order valence-corrected chi connectivity index (χ3v) is 5.08. The Kier molecular flexibility index (Phi) is 5.63. The molecule has 1 fully saturated rings. The molecule has 1 aliphatic rings. The molecule has 5 heteroatoms. The van der Waals surface area contributed by atoms with Crippen molar-refractivity contribution in [2.75, 3.05) is 20.2 Å². The van der Waals surface area contributed by atoms with Crippen molar-refractivity contribution in [3.8, 4) is 6.01 Å². The number of hydrogen-bond acceptors (Lipinski definition) is 5. The van der Waals surface area contributed by atoms with Crippen LogP contribution in [0.2, 0.25) is 0 Å². The number of rotatable bonds is 5. The van der Waals surface area contributed by atoms with E-state index in [1.807, 2.05) is 12.4 Å². The van der Waals surface area contributed by atoms with Crippen LogP contribution in [0, 0.1) is 19.8 Å². The van der Waals surface area contributed by atoms with Gasteiger partial charge in [0.15, 0.2) is 0 Å². The van der Waals surface area contributed by atoms with E-state index < -0.39 is 0 Å². The summed E-state index contributed by atoms with van der Waals surface area (Å²) in [6, 6.07) is 5.21. The first-order chi connectivity index (χ1) is 12.0. The molecule has 0 saturated carbocycles. The summed E-state index contributed by atoms with van der Waals surface area (Å²) in [5.74, 6) is 0.691. The first-order valence-corrected chi connectivity index (χ1v) is 9.09. The highest BCUT2D eigenvalue weighted by Crippen LogP contribution is 2.28. The minimum Gasteiger partial charge on any atom is -0.467 e. The molecule has 134 valence electrons. The van der Waals surface area contributed by atoms with Gasteiger partial charge >= 0.3 is 6.01 Å². The van der Waals surface area contributed by atoms with Gasteiger partial charge in [0, 0.05) is 41.9 Å². The van der Waals surface area contributed by atoms with E-state index in [2.05, 4.69) is 52.8 Å². The predicted octanol–water partition coefficient (Wildman–Crippen LogP) is 3.51. The Morgan fingerprint density at radius 3 is 2.52 bits per heavy atom. The van der Waals surface area contributed by atoms with Crippen molar-refractivity contribution < 1.29 is 4.74 Å². The monoisotopic (exact) mass is 340 g/mol. The number of aryl methyl sites for hydroxylation is 2. The van der Waals surface area contributed by atoms with Crippen LogP contribution >= 0.6 is 0 Å². The number of hydrogen-bond donors (Lipinski definition) is 0. The molecule has 5 nitrogen and oxygen atoms in total. The number of methoxy groups -OCH3 is 1. The van der Waals surface area contributed by atoms with Crippen molar-refractivity contribution in [2.24, 2.45) is 5.92 Å². The van der Waals surface area contributed by atoms with Crippen molar-refractivity contribution >= 4 is 0 Å². The molecule has 1 aliphatic heterocycles. The van der Waals surface area contributed by atoms with Crippen LogP contribution in [0.25, 0.3) is 0 Å². The van der Waals surface area contributed by atoms with Gasteiger partial charge in [-0.25, -0.2) is 9.97 Å². The number of aromatic nitrogens is 3. The molecule has 0 radical (unpaired) electrons. The van der Waals surface area contributed by atoms with Gasteiger partial charge in [0.2, 0.25) is 0 Å². The number of likely N-dealkylation sites (tertiary alicyclic amines) is 1. The summed E-state index contributed by atoms with van der Waals surface area (Å²) in [5.41, 5.74) is 4.80. The van der Waals surface area contributed by atoms with Crippen molar-refractivity contribution in [3.05, 3.63) is 47.0 Å². The normalized spacial score (nSPS) is 19.6. The standard InChI is InChI=1S/C20H28N4O/c1-14-8-18(9-15(2)23-14)10-17-6-5-7-24(13-17)16(3)19-11-21-20(25-4)22-12-19/h8-9,11-12,16-17H,5-7,10,13H2,1-4H3/t16?,17-/m1/s1. The lowest BCUT2D eigenvalue weighted by atomic mass is 9.90. The van der Waals surface area contributed by atoms with E-state index in [1.54, 1.807) is 7.11 Å². The molecule has 0 bridgehead atoms. The van der Waals surface area contributed by atoms with Crippen molar-refractivity contribution in [1.29, 1.82) is 0 Å². The van der Waals surface area contributed by atoms with Crippen LogP contribution in [0.1, 0.15) is 48.3 Å². The summed E-state index contributed by atoms with van der Waals surface area (Å²) < 4.78 is 5.06. The molecule has 0 aromatic carbocycles. The minimum absolute atomic E-state index is 0.328.